The fourth-order valence-electron chi connectivity index (χ4n) is 1.51. The van der Waals surface area contributed by atoms with Gasteiger partial charge in [-0.1, -0.05) is 48.7 Å². The monoisotopic (exact) mass is 211 g/mol. The molecule has 0 bridgehead atoms. The van der Waals surface area contributed by atoms with Gasteiger partial charge in [0, 0.05) is 5.75 Å². The van der Waals surface area contributed by atoms with Crippen molar-refractivity contribution in [1.29, 1.82) is 0 Å². The Morgan fingerprint density at radius 1 is 1.21 bits per heavy atom. The standard InChI is InChI=1S/C11H16O2S/c1-2-5-10-6-3-4-7-11(10)8-9-14(12)13/h3-4,6-7H,2,5,8-9H2,1H3,(H,12,13)/p-1. The molecule has 14 heavy (non-hydrogen) atoms. The van der Waals surface area contributed by atoms with Gasteiger partial charge in [0.05, 0.1) is 0 Å². The van der Waals surface area contributed by atoms with E-state index in [1.54, 1.807) is 0 Å². The molecule has 0 aliphatic carbocycles. The van der Waals surface area contributed by atoms with Crippen molar-refractivity contribution in [3.8, 4) is 0 Å². The molecule has 0 aromatic heterocycles. The van der Waals surface area contributed by atoms with Crippen molar-refractivity contribution < 1.29 is 8.76 Å². The zero-order chi connectivity index (χ0) is 10.4. The molecule has 0 N–H and O–H groups in total. The first-order valence-electron chi connectivity index (χ1n) is 4.86. The Hall–Kier alpha value is -0.670. The summed E-state index contributed by atoms with van der Waals surface area (Å²) >= 11 is -1.93. The Bertz CT molecular complexity index is 310. The van der Waals surface area contributed by atoms with E-state index in [2.05, 4.69) is 13.0 Å². The minimum absolute atomic E-state index is 0.223. The predicted octanol–water partition coefficient (Wildman–Crippen LogP) is 2.06. The molecule has 0 saturated carbocycles. The predicted molar refractivity (Wildman–Crippen MR) is 57.9 cm³/mol. The van der Waals surface area contributed by atoms with Gasteiger partial charge in [0.25, 0.3) is 0 Å². The Balaban J connectivity index is 2.68. The molecule has 78 valence electrons. The minimum atomic E-state index is -1.93. The van der Waals surface area contributed by atoms with Crippen LogP contribution in [0.3, 0.4) is 0 Å². The van der Waals surface area contributed by atoms with Gasteiger partial charge in [-0.3, -0.25) is 4.21 Å². The third-order valence-corrected chi connectivity index (χ3v) is 2.71. The fraction of sp³-hybridized carbons (Fsp3) is 0.455. The summed E-state index contributed by atoms with van der Waals surface area (Å²) in [6.07, 6.45) is 2.76. The number of aryl methyl sites for hydroxylation is 2. The summed E-state index contributed by atoms with van der Waals surface area (Å²) in [4.78, 5) is 0. The average Bonchev–Trinajstić information content (AvgIpc) is 2.17. The van der Waals surface area contributed by atoms with Crippen molar-refractivity contribution in [3.63, 3.8) is 0 Å². The zero-order valence-electron chi connectivity index (χ0n) is 8.36. The molecule has 0 amide bonds. The normalized spacial score (nSPS) is 12.7. The molecule has 1 aromatic carbocycles. The van der Waals surface area contributed by atoms with E-state index in [0.29, 0.717) is 6.42 Å². The summed E-state index contributed by atoms with van der Waals surface area (Å²) in [5.74, 6) is 0.223. The molecule has 0 fully saturated rings. The first-order valence-corrected chi connectivity index (χ1v) is 6.11. The molecule has 0 aliphatic heterocycles. The van der Waals surface area contributed by atoms with Crippen molar-refractivity contribution in [2.24, 2.45) is 0 Å². The van der Waals surface area contributed by atoms with Crippen LogP contribution in [-0.2, 0) is 23.9 Å². The molecular weight excluding hydrogens is 196 g/mol. The highest BCUT2D eigenvalue weighted by Crippen LogP contribution is 2.11. The van der Waals surface area contributed by atoms with E-state index < -0.39 is 11.1 Å². The largest absolute Gasteiger partial charge is 0.772 e. The highest BCUT2D eigenvalue weighted by Gasteiger charge is 2.00. The second-order valence-corrected chi connectivity index (χ2v) is 4.29. The summed E-state index contributed by atoms with van der Waals surface area (Å²) in [5, 5.41) is 0. The Kier molecular flexibility index (Phi) is 4.84. The lowest BCUT2D eigenvalue weighted by atomic mass is 10.0. The number of rotatable bonds is 5. The molecule has 0 spiro atoms. The molecule has 0 saturated heterocycles. The van der Waals surface area contributed by atoms with Gasteiger partial charge in [-0.2, -0.15) is 0 Å². The molecule has 3 heteroatoms. The Morgan fingerprint density at radius 2 is 1.79 bits per heavy atom. The lowest BCUT2D eigenvalue weighted by Crippen LogP contribution is -2.02. The zero-order valence-corrected chi connectivity index (χ0v) is 9.18. The maximum absolute atomic E-state index is 10.4. The molecule has 1 atom stereocenters. The van der Waals surface area contributed by atoms with Crippen LogP contribution in [0, 0.1) is 0 Å². The topological polar surface area (TPSA) is 40.1 Å². The number of benzene rings is 1. The van der Waals surface area contributed by atoms with E-state index in [9.17, 15) is 8.76 Å². The van der Waals surface area contributed by atoms with Crippen molar-refractivity contribution >= 4 is 11.1 Å². The minimum Gasteiger partial charge on any atom is -0.772 e. The summed E-state index contributed by atoms with van der Waals surface area (Å²) < 4.78 is 20.9. The summed E-state index contributed by atoms with van der Waals surface area (Å²) in [7, 11) is 0. The molecular formula is C11H15O2S-. The van der Waals surface area contributed by atoms with E-state index >= 15 is 0 Å². The van der Waals surface area contributed by atoms with Crippen LogP contribution in [-0.4, -0.2) is 14.5 Å². The third-order valence-electron chi connectivity index (χ3n) is 2.18. The van der Waals surface area contributed by atoms with Crippen molar-refractivity contribution in [3.05, 3.63) is 35.4 Å². The van der Waals surface area contributed by atoms with Crippen LogP contribution < -0.4 is 0 Å². The van der Waals surface area contributed by atoms with Crippen LogP contribution in [0.4, 0.5) is 0 Å². The lowest BCUT2D eigenvalue weighted by molar-refractivity contribution is 0.536. The second-order valence-electron chi connectivity index (χ2n) is 3.28. The molecule has 1 unspecified atom stereocenters. The van der Waals surface area contributed by atoms with Crippen molar-refractivity contribution in [1.82, 2.24) is 0 Å². The van der Waals surface area contributed by atoms with Crippen LogP contribution in [0.2, 0.25) is 0 Å². The summed E-state index contributed by atoms with van der Waals surface area (Å²) in [6, 6.07) is 8.05. The first kappa shape index (κ1) is 11.4. The summed E-state index contributed by atoms with van der Waals surface area (Å²) in [5.41, 5.74) is 2.44. The molecule has 0 radical (unpaired) electrons. The van der Waals surface area contributed by atoms with Crippen molar-refractivity contribution in [2.45, 2.75) is 26.2 Å². The van der Waals surface area contributed by atoms with Gasteiger partial charge >= 0.3 is 0 Å². The van der Waals surface area contributed by atoms with E-state index in [1.807, 2.05) is 18.2 Å². The van der Waals surface area contributed by atoms with Gasteiger partial charge in [0.15, 0.2) is 0 Å². The van der Waals surface area contributed by atoms with Crippen LogP contribution in [0.15, 0.2) is 24.3 Å². The van der Waals surface area contributed by atoms with Crippen LogP contribution in [0.5, 0.6) is 0 Å². The maximum Gasteiger partial charge on any atom is 0.0142 e. The van der Waals surface area contributed by atoms with Crippen LogP contribution in [0.25, 0.3) is 0 Å². The fourth-order valence-corrected chi connectivity index (χ4v) is 1.89. The SMILES string of the molecule is CCCc1ccccc1CCS(=O)[O-]. The van der Waals surface area contributed by atoms with Gasteiger partial charge < -0.3 is 4.55 Å². The van der Waals surface area contributed by atoms with E-state index in [0.717, 1.165) is 12.8 Å². The van der Waals surface area contributed by atoms with Crippen LogP contribution in [0.1, 0.15) is 24.5 Å². The molecule has 1 aromatic rings. The van der Waals surface area contributed by atoms with E-state index in [-0.39, 0.29) is 5.75 Å². The first-order chi connectivity index (χ1) is 6.74. The molecule has 1 rings (SSSR count). The third kappa shape index (κ3) is 3.60. The second kappa shape index (κ2) is 5.94. The van der Waals surface area contributed by atoms with Gasteiger partial charge in [-0.05, 0) is 24.0 Å². The smallest absolute Gasteiger partial charge is 0.0142 e. The Morgan fingerprint density at radius 3 is 2.29 bits per heavy atom. The summed E-state index contributed by atoms with van der Waals surface area (Å²) in [6.45, 7) is 2.13. The van der Waals surface area contributed by atoms with Gasteiger partial charge in [-0.25, -0.2) is 0 Å². The van der Waals surface area contributed by atoms with Crippen molar-refractivity contribution in [2.75, 3.05) is 5.75 Å². The number of hydrogen-bond donors (Lipinski definition) is 0. The lowest BCUT2D eigenvalue weighted by Gasteiger charge is -2.09. The molecule has 2 nitrogen and oxygen atoms in total. The highest BCUT2D eigenvalue weighted by atomic mass is 32.2. The maximum atomic E-state index is 10.4. The van der Waals surface area contributed by atoms with Crippen LogP contribution >= 0.6 is 0 Å². The molecule has 0 aliphatic rings. The van der Waals surface area contributed by atoms with Gasteiger partial charge in [-0.15, -0.1) is 0 Å². The Labute approximate surface area is 87.6 Å². The van der Waals surface area contributed by atoms with E-state index in [4.69, 9.17) is 0 Å². The van der Waals surface area contributed by atoms with Gasteiger partial charge in [0.1, 0.15) is 0 Å². The highest BCUT2D eigenvalue weighted by molar-refractivity contribution is 7.79. The average molecular weight is 211 g/mol. The molecule has 0 heterocycles. The quantitative estimate of drug-likeness (QED) is 0.699. The van der Waals surface area contributed by atoms with E-state index in [1.165, 1.54) is 11.1 Å². The van der Waals surface area contributed by atoms with Gasteiger partial charge in [0.2, 0.25) is 0 Å². The number of hydrogen-bond acceptors (Lipinski definition) is 2.